The van der Waals surface area contributed by atoms with E-state index < -0.39 is 15.9 Å². The average Bonchev–Trinajstić information content (AvgIpc) is 1.99. The highest BCUT2D eigenvalue weighted by molar-refractivity contribution is 7.91. The van der Waals surface area contributed by atoms with Crippen LogP contribution in [0.15, 0.2) is 0 Å². The van der Waals surface area contributed by atoms with Crippen LogP contribution in [-0.2, 0) is 9.84 Å². The zero-order valence-electron chi connectivity index (χ0n) is 7.32. The number of nitrogens with one attached hydrogen (secondary N) is 1. The summed E-state index contributed by atoms with van der Waals surface area (Å²) < 4.78 is 22.3. The molecule has 0 aromatic heterocycles. The Bertz CT molecular complexity index is 286. The molecule has 1 atom stereocenters. The summed E-state index contributed by atoms with van der Waals surface area (Å²) in [7, 11) is -2.87. The number of hydrogen-bond acceptors (Lipinski definition) is 3. The predicted molar refractivity (Wildman–Crippen MR) is 49.0 cm³/mol. The maximum absolute atomic E-state index is 11.2. The fourth-order valence-corrected chi connectivity index (χ4v) is 3.30. The zero-order valence-corrected chi connectivity index (χ0v) is 8.14. The summed E-state index contributed by atoms with van der Waals surface area (Å²) in [6.45, 7) is 0.370. The van der Waals surface area contributed by atoms with Gasteiger partial charge in [0.15, 0.2) is 9.84 Å². The predicted octanol–water partition coefficient (Wildman–Crippen LogP) is -0.520. The second kappa shape index (κ2) is 3.95. The van der Waals surface area contributed by atoms with Crippen molar-refractivity contribution >= 4 is 15.9 Å². The Morgan fingerprint density at radius 3 is 2.77 bits per heavy atom. The maximum Gasteiger partial charge on any atom is 0.312 e. The highest BCUT2D eigenvalue weighted by atomic mass is 32.2. The summed E-state index contributed by atoms with van der Waals surface area (Å²) in [6.07, 6.45) is 1.53. The molecule has 3 N–H and O–H groups in total. The number of sulfone groups is 1. The fourth-order valence-electron chi connectivity index (χ4n) is 1.52. The van der Waals surface area contributed by atoms with Crippen molar-refractivity contribution in [1.82, 2.24) is 5.32 Å². The van der Waals surface area contributed by atoms with Gasteiger partial charge in [0, 0.05) is 6.54 Å². The van der Waals surface area contributed by atoms with Crippen LogP contribution >= 0.6 is 0 Å². The van der Waals surface area contributed by atoms with E-state index in [0.29, 0.717) is 13.0 Å². The van der Waals surface area contributed by atoms with E-state index >= 15 is 0 Å². The van der Waals surface area contributed by atoms with E-state index in [9.17, 15) is 13.2 Å². The van der Waals surface area contributed by atoms with Gasteiger partial charge in [-0.3, -0.25) is 0 Å². The second-order valence-corrected chi connectivity index (χ2v) is 5.60. The topological polar surface area (TPSA) is 89.3 Å². The van der Waals surface area contributed by atoms with Gasteiger partial charge in [0.25, 0.3) is 0 Å². The van der Waals surface area contributed by atoms with Gasteiger partial charge in [0.2, 0.25) is 0 Å². The Morgan fingerprint density at radius 2 is 2.23 bits per heavy atom. The molecule has 1 unspecified atom stereocenters. The van der Waals surface area contributed by atoms with Crippen molar-refractivity contribution in [2.45, 2.75) is 12.8 Å². The van der Waals surface area contributed by atoms with Crippen molar-refractivity contribution in [2.75, 3.05) is 18.1 Å². The molecule has 1 fully saturated rings. The van der Waals surface area contributed by atoms with Crippen molar-refractivity contribution in [3.63, 3.8) is 0 Å². The third-order valence-corrected chi connectivity index (χ3v) is 4.01. The number of urea groups is 1. The van der Waals surface area contributed by atoms with Crippen molar-refractivity contribution < 1.29 is 13.2 Å². The Labute approximate surface area is 77.6 Å². The van der Waals surface area contributed by atoms with Gasteiger partial charge < -0.3 is 11.1 Å². The molecule has 1 rings (SSSR count). The minimum Gasteiger partial charge on any atom is -0.352 e. The lowest BCUT2D eigenvalue weighted by molar-refractivity contribution is 0.247. The standard InChI is InChI=1S/C7H14N2O3S/c8-7(10)9-4-6-2-1-3-13(11,12)5-6/h6H,1-5H2,(H3,8,9,10). The number of rotatable bonds is 2. The van der Waals surface area contributed by atoms with Crippen molar-refractivity contribution in [3.05, 3.63) is 0 Å². The number of carbonyl (C=O) groups is 1. The van der Waals surface area contributed by atoms with Crippen molar-refractivity contribution in [2.24, 2.45) is 11.7 Å². The lowest BCUT2D eigenvalue weighted by Crippen LogP contribution is -2.38. The summed E-state index contributed by atoms with van der Waals surface area (Å²) in [6, 6.07) is -0.594. The van der Waals surface area contributed by atoms with Gasteiger partial charge in [-0.15, -0.1) is 0 Å². The molecule has 1 heterocycles. The third kappa shape index (κ3) is 3.63. The van der Waals surface area contributed by atoms with E-state index in [4.69, 9.17) is 5.73 Å². The molecule has 0 aliphatic carbocycles. The molecule has 1 saturated heterocycles. The molecule has 6 heteroatoms. The number of nitrogens with two attached hydrogens (primary N) is 1. The quantitative estimate of drug-likeness (QED) is 0.637. The monoisotopic (exact) mass is 206 g/mol. The van der Waals surface area contributed by atoms with E-state index in [0.717, 1.165) is 6.42 Å². The highest BCUT2D eigenvalue weighted by Crippen LogP contribution is 2.17. The summed E-state index contributed by atoms with van der Waals surface area (Å²) in [5.74, 6) is 0.485. The van der Waals surface area contributed by atoms with Crippen LogP contribution in [0, 0.1) is 5.92 Å². The lowest BCUT2D eigenvalue weighted by atomic mass is 10.1. The molecular formula is C7H14N2O3S. The van der Waals surface area contributed by atoms with Crippen LogP contribution in [0.1, 0.15) is 12.8 Å². The van der Waals surface area contributed by atoms with E-state index in [1.54, 1.807) is 0 Å². The summed E-state index contributed by atoms with van der Waals surface area (Å²) >= 11 is 0. The van der Waals surface area contributed by atoms with Crippen molar-refractivity contribution in [3.8, 4) is 0 Å². The molecule has 0 saturated carbocycles. The fraction of sp³-hybridized carbons (Fsp3) is 0.857. The van der Waals surface area contributed by atoms with E-state index in [-0.39, 0.29) is 17.4 Å². The molecule has 1 aliphatic heterocycles. The largest absolute Gasteiger partial charge is 0.352 e. The normalized spacial score (nSPS) is 26.6. The number of hydrogen-bond donors (Lipinski definition) is 2. The summed E-state index contributed by atoms with van der Waals surface area (Å²) in [4.78, 5) is 10.4. The molecule has 0 radical (unpaired) electrons. The van der Waals surface area contributed by atoms with Gasteiger partial charge in [-0.1, -0.05) is 0 Å². The number of amides is 2. The van der Waals surface area contributed by atoms with Crippen LogP contribution in [0.5, 0.6) is 0 Å². The van der Waals surface area contributed by atoms with Crippen molar-refractivity contribution in [1.29, 1.82) is 0 Å². The van der Waals surface area contributed by atoms with Gasteiger partial charge >= 0.3 is 6.03 Å². The lowest BCUT2D eigenvalue weighted by Gasteiger charge is -2.21. The molecule has 0 aromatic rings. The molecule has 76 valence electrons. The van der Waals surface area contributed by atoms with Crippen LogP contribution in [0.25, 0.3) is 0 Å². The van der Waals surface area contributed by atoms with Crippen LogP contribution < -0.4 is 11.1 Å². The maximum atomic E-state index is 11.2. The highest BCUT2D eigenvalue weighted by Gasteiger charge is 2.24. The Morgan fingerprint density at radius 1 is 1.54 bits per heavy atom. The third-order valence-electron chi connectivity index (χ3n) is 2.12. The second-order valence-electron chi connectivity index (χ2n) is 3.37. The van der Waals surface area contributed by atoms with E-state index in [1.165, 1.54) is 0 Å². The molecule has 13 heavy (non-hydrogen) atoms. The van der Waals surface area contributed by atoms with Crippen LogP contribution in [0.2, 0.25) is 0 Å². The molecule has 0 bridgehead atoms. The minimum atomic E-state index is -2.87. The molecule has 5 nitrogen and oxygen atoms in total. The summed E-state index contributed by atoms with van der Waals surface area (Å²) in [5.41, 5.74) is 4.88. The number of carbonyl (C=O) groups excluding carboxylic acids is 1. The first-order valence-electron chi connectivity index (χ1n) is 4.23. The first kappa shape index (κ1) is 10.3. The average molecular weight is 206 g/mol. The number of primary amides is 1. The van der Waals surface area contributed by atoms with Gasteiger partial charge in [0.05, 0.1) is 11.5 Å². The Kier molecular flexibility index (Phi) is 3.13. The molecular weight excluding hydrogens is 192 g/mol. The summed E-state index contributed by atoms with van der Waals surface area (Å²) in [5, 5.41) is 2.43. The Hall–Kier alpha value is -0.780. The first-order valence-corrected chi connectivity index (χ1v) is 6.05. The van der Waals surface area contributed by atoms with Gasteiger partial charge in [-0.2, -0.15) is 0 Å². The molecule has 1 aliphatic rings. The van der Waals surface area contributed by atoms with Crippen LogP contribution in [0.3, 0.4) is 0 Å². The minimum absolute atomic E-state index is 0.0336. The van der Waals surface area contributed by atoms with E-state index in [2.05, 4.69) is 5.32 Å². The van der Waals surface area contributed by atoms with E-state index in [1.807, 2.05) is 0 Å². The first-order chi connectivity index (χ1) is 5.99. The molecule has 2 amide bonds. The van der Waals surface area contributed by atoms with Gasteiger partial charge in [0.1, 0.15) is 0 Å². The van der Waals surface area contributed by atoms with Crippen LogP contribution in [0.4, 0.5) is 4.79 Å². The zero-order chi connectivity index (χ0) is 9.90. The smallest absolute Gasteiger partial charge is 0.312 e. The SMILES string of the molecule is NC(=O)NCC1CCCS(=O)(=O)C1. The van der Waals surface area contributed by atoms with Crippen LogP contribution in [-0.4, -0.2) is 32.5 Å². The molecule has 0 aromatic carbocycles. The van der Waals surface area contributed by atoms with Gasteiger partial charge in [-0.05, 0) is 18.8 Å². The molecule has 0 spiro atoms. The Balaban J connectivity index is 2.39. The van der Waals surface area contributed by atoms with Gasteiger partial charge in [-0.25, -0.2) is 13.2 Å².